The Hall–Kier alpha value is -4.31. The van der Waals surface area contributed by atoms with Crippen molar-refractivity contribution in [3.05, 3.63) is 65.5 Å². The molecule has 4 aromatic rings. The molecule has 2 aliphatic heterocycles. The maximum Gasteiger partial charge on any atom is 0.251 e. The fraction of sp³-hybridized carbons (Fsp3) is 0.487. The van der Waals surface area contributed by atoms with E-state index >= 15 is 0 Å². The number of aromatic nitrogens is 3. The van der Waals surface area contributed by atoms with Crippen LogP contribution in [0.4, 0.5) is 21.6 Å². The van der Waals surface area contributed by atoms with Crippen LogP contribution < -0.4 is 15.5 Å². The van der Waals surface area contributed by atoms with Crippen LogP contribution in [0.15, 0.2) is 48.8 Å². The van der Waals surface area contributed by atoms with E-state index in [-0.39, 0.29) is 23.9 Å². The normalized spacial score (nSPS) is 21.1. The minimum Gasteiger partial charge on any atom is -0.347 e. The number of nitrogens with zero attached hydrogens (tertiary/aromatic N) is 5. The quantitative estimate of drug-likeness (QED) is 0.193. The molecule has 0 radical (unpaired) electrons. The van der Waals surface area contributed by atoms with E-state index < -0.39 is 18.1 Å². The summed E-state index contributed by atoms with van der Waals surface area (Å²) in [6.07, 6.45) is 7.72. The van der Waals surface area contributed by atoms with Crippen molar-refractivity contribution < 1.29 is 14.0 Å². The Kier molecular flexibility index (Phi) is 8.71. The van der Waals surface area contributed by atoms with Crippen LogP contribution in [0.2, 0.25) is 0 Å². The molecule has 0 spiro atoms. The molecule has 0 bridgehead atoms. The average molecular weight is 666 g/mol. The van der Waals surface area contributed by atoms with Crippen LogP contribution in [0.25, 0.3) is 22.3 Å². The van der Waals surface area contributed by atoms with Crippen molar-refractivity contribution in [2.24, 2.45) is 0 Å². The largest absolute Gasteiger partial charge is 0.347 e. The number of likely N-dealkylation sites (tertiary alicyclic amines) is 1. The smallest absolute Gasteiger partial charge is 0.251 e. The zero-order valence-corrected chi connectivity index (χ0v) is 29.5. The number of piperidine rings is 1. The number of benzene rings is 2. The third-order valence-corrected chi connectivity index (χ3v) is 10.8. The second-order valence-electron chi connectivity index (χ2n) is 15.1. The molecule has 2 fully saturated rings. The Balaban J connectivity index is 1.24. The Morgan fingerprint density at radius 3 is 2.49 bits per heavy atom. The Morgan fingerprint density at radius 2 is 1.78 bits per heavy atom. The van der Waals surface area contributed by atoms with E-state index in [9.17, 15) is 14.0 Å². The number of imidazole rings is 1. The van der Waals surface area contributed by atoms with Crippen LogP contribution in [0, 0.1) is 6.92 Å². The first-order valence-corrected chi connectivity index (χ1v) is 17.8. The van der Waals surface area contributed by atoms with Crippen molar-refractivity contribution >= 4 is 40.0 Å². The molecular weight excluding hydrogens is 617 g/mol. The van der Waals surface area contributed by atoms with Gasteiger partial charge in [0.1, 0.15) is 12.2 Å². The number of anilines is 3. The molecular formula is C39H48FN7O2. The Labute approximate surface area is 288 Å². The van der Waals surface area contributed by atoms with Gasteiger partial charge in [0.05, 0.1) is 29.0 Å². The Morgan fingerprint density at radius 1 is 1.02 bits per heavy atom. The summed E-state index contributed by atoms with van der Waals surface area (Å²) in [5, 5.41) is 6.21. The molecule has 1 saturated heterocycles. The molecule has 258 valence electrons. The second-order valence-corrected chi connectivity index (χ2v) is 15.1. The van der Waals surface area contributed by atoms with Gasteiger partial charge in [0.2, 0.25) is 5.91 Å². The van der Waals surface area contributed by atoms with E-state index in [2.05, 4.69) is 57.0 Å². The van der Waals surface area contributed by atoms with Gasteiger partial charge in [-0.05, 0) is 116 Å². The number of amides is 2. The number of nitrogens with one attached hydrogen (secondary N) is 2. The number of halogens is 1. The average Bonchev–Trinajstić information content (AvgIpc) is 3.59. The van der Waals surface area contributed by atoms with Crippen LogP contribution in [-0.2, 0) is 10.2 Å². The molecule has 3 aliphatic rings. The lowest BCUT2D eigenvalue weighted by atomic mass is 9.82. The van der Waals surface area contributed by atoms with Crippen molar-refractivity contribution in [1.29, 1.82) is 0 Å². The zero-order valence-electron chi connectivity index (χ0n) is 29.5. The van der Waals surface area contributed by atoms with Gasteiger partial charge in [-0.3, -0.25) is 9.59 Å². The van der Waals surface area contributed by atoms with Gasteiger partial charge in [0.25, 0.3) is 5.91 Å². The number of pyridine rings is 1. The number of carbonyl (C=O) groups is 2. The molecule has 2 N–H and O–H groups in total. The summed E-state index contributed by atoms with van der Waals surface area (Å²) >= 11 is 0. The van der Waals surface area contributed by atoms with Gasteiger partial charge in [0.15, 0.2) is 5.82 Å². The number of hydrogen-bond donors (Lipinski definition) is 2. The van der Waals surface area contributed by atoms with Crippen LogP contribution >= 0.6 is 0 Å². The van der Waals surface area contributed by atoms with Gasteiger partial charge in [-0.1, -0.05) is 24.6 Å². The predicted molar refractivity (Wildman–Crippen MR) is 193 cm³/mol. The summed E-state index contributed by atoms with van der Waals surface area (Å²) in [4.78, 5) is 41.6. The first-order valence-electron chi connectivity index (χ1n) is 17.8. The third kappa shape index (κ3) is 5.98. The predicted octanol–water partition coefficient (Wildman–Crippen LogP) is 7.46. The molecule has 9 nitrogen and oxygen atoms in total. The first kappa shape index (κ1) is 33.2. The molecule has 49 heavy (non-hydrogen) atoms. The summed E-state index contributed by atoms with van der Waals surface area (Å²) in [7, 11) is 0. The monoisotopic (exact) mass is 665 g/mol. The van der Waals surface area contributed by atoms with Gasteiger partial charge in [-0.25, -0.2) is 14.4 Å². The lowest BCUT2D eigenvalue weighted by Crippen LogP contribution is -2.57. The number of carbonyl (C=O) groups excluding carboxylic acids is 2. The molecule has 1 atom stereocenters. The van der Waals surface area contributed by atoms with Crippen LogP contribution in [-0.4, -0.2) is 69.1 Å². The Bertz CT molecular complexity index is 1900. The molecule has 0 unspecified atom stereocenters. The van der Waals surface area contributed by atoms with Crippen molar-refractivity contribution in [2.75, 3.05) is 30.0 Å². The second kappa shape index (κ2) is 12.9. The van der Waals surface area contributed by atoms with E-state index in [1.807, 2.05) is 45.3 Å². The highest BCUT2D eigenvalue weighted by Gasteiger charge is 2.50. The summed E-state index contributed by atoms with van der Waals surface area (Å²) in [5.74, 6) is 0.464. The van der Waals surface area contributed by atoms with Gasteiger partial charge >= 0.3 is 0 Å². The molecule has 2 aromatic heterocycles. The number of fused-ring (bicyclic) bond motifs is 2. The minimum atomic E-state index is -0.636. The molecule has 10 heteroatoms. The molecule has 1 aliphatic carbocycles. The minimum absolute atomic E-state index is 0.137. The number of hydrogen-bond acceptors (Lipinski definition) is 6. The molecule has 2 aromatic carbocycles. The lowest BCUT2D eigenvalue weighted by Gasteiger charge is -2.48. The van der Waals surface area contributed by atoms with Crippen LogP contribution in [0.5, 0.6) is 0 Å². The SMILES string of the molecule is Cc1ccc(Nc2nc(-c3ccc4c(c3)N([C@H]3C[C@@H](N5CCCCC5)C3)C(=O)C4(C)C)cc3ncn(C(C)C)c23)cc1C(=O)N[C@H](C)CF. The molecule has 4 heterocycles. The van der Waals surface area contributed by atoms with Gasteiger partial charge in [-0.2, -0.15) is 0 Å². The van der Waals surface area contributed by atoms with E-state index in [1.165, 1.54) is 32.4 Å². The highest BCUT2D eigenvalue weighted by atomic mass is 19.1. The molecule has 1 saturated carbocycles. The summed E-state index contributed by atoms with van der Waals surface area (Å²) in [6, 6.07) is 14.2. The number of aryl methyl sites for hydroxylation is 1. The van der Waals surface area contributed by atoms with E-state index in [4.69, 9.17) is 9.97 Å². The zero-order chi connectivity index (χ0) is 34.6. The lowest BCUT2D eigenvalue weighted by molar-refractivity contribution is -0.123. The first-order chi connectivity index (χ1) is 23.5. The number of alkyl halides is 1. The fourth-order valence-corrected chi connectivity index (χ4v) is 7.77. The van der Waals surface area contributed by atoms with Crippen molar-refractivity contribution in [3.63, 3.8) is 0 Å². The van der Waals surface area contributed by atoms with E-state index in [1.54, 1.807) is 13.0 Å². The summed E-state index contributed by atoms with van der Waals surface area (Å²) < 4.78 is 15.2. The van der Waals surface area contributed by atoms with Crippen LogP contribution in [0.3, 0.4) is 0 Å². The van der Waals surface area contributed by atoms with E-state index in [0.29, 0.717) is 23.1 Å². The van der Waals surface area contributed by atoms with Crippen molar-refractivity contribution in [2.45, 2.75) is 103 Å². The van der Waals surface area contributed by atoms with Gasteiger partial charge < -0.3 is 25.0 Å². The molecule has 2 amide bonds. The van der Waals surface area contributed by atoms with Crippen LogP contribution in [0.1, 0.15) is 94.2 Å². The van der Waals surface area contributed by atoms with E-state index in [0.717, 1.165) is 51.9 Å². The van der Waals surface area contributed by atoms with Gasteiger partial charge in [0, 0.05) is 40.6 Å². The van der Waals surface area contributed by atoms with Gasteiger partial charge in [-0.15, -0.1) is 0 Å². The highest BCUT2D eigenvalue weighted by Crippen LogP contribution is 2.48. The van der Waals surface area contributed by atoms with Crippen molar-refractivity contribution in [3.8, 4) is 11.3 Å². The summed E-state index contributed by atoms with van der Waals surface area (Å²) in [5.41, 5.74) is 6.69. The maximum atomic E-state index is 14.0. The molecule has 7 rings (SSSR count). The number of rotatable bonds is 9. The highest BCUT2D eigenvalue weighted by molar-refractivity contribution is 6.09. The maximum absolute atomic E-state index is 14.0. The fourth-order valence-electron chi connectivity index (χ4n) is 7.77. The summed E-state index contributed by atoms with van der Waals surface area (Å²) in [6.45, 7) is 13.5. The standard InChI is InChI=1S/C39H48FN7O2/c1-23(2)46-22-41-33-20-32(44-36(35(33)46)43-27-12-10-24(3)30(17-27)37(48)42-25(4)21-40)26-11-13-31-34(16-26)47(38(49)39(31,5)6)29-18-28(19-29)45-14-8-7-9-15-45/h10-13,16-17,20,22-23,25,28-29H,7-9,14-15,18-19,21H2,1-6H3,(H,42,48)(H,43,44)/t25-,28-,29+/m1/s1. The topological polar surface area (TPSA) is 95.4 Å². The third-order valence-electron chi connectivity index (χ3n) is 10.8. The van der Waals surface area contributed by atoms with Crippen molar-refractivity contribution in [1.82, 2.24) is 24.8 Å².